The monoisotopic (exact) mass is 326 g/mol. The first-order chi connectivity index (χ1) is 11.7. The SMILES string of the molecule is CCCc1c(C(=O)N(C)C2CCCCC2)cnn1-c1ccccn1. The Bertz CT molecular complexity index is 674. The lowest BCUT2D eigenvalue weighted by Crippen LogP contribution is -2.38. The van der Waals surface area contributed by atoms with Gasteiger partial charge in [-0.05, 0) is 31.4 Å². The molecular formula is C19H26N4O. The first-order valence-electron chi connectivity index (χ1n) is 8.97. The molecule has 0 radical (unpaired) electrons. The highest BCUT2D eigenvalue weighted by atomic mass is 16.2. The van der Waals surface area contributed by atoms with Crippen LogP contribution < -0.4 is 0 Å². The van der Waals surface area contributed by atoms with E-state index in [-0.39, 0.29) is 5.91 Å². The Balaban J connectivity index is 1.89. The van der Waals surface area contributed by atoms with Gasteiger partial charge in [0.25, 0.3) is 5.91 Å². The first-order valence-corrected chi connectivity index (χ1v) is 8.97. The van der Waals surface area contributed by atoms with Gasteiger partial charge in [0, 0.05) is 19.3 Å². The van der Waals surface area contributed by atoms with Crippen LogP contribution in [0.1, 0.15) is 61.5 Å². The largest absolute Gasteiger partial charge is 0.339 e. The van der Waals surface area contributed by atoms with Crippen LogP contribution in [0.5, 0.6) is 0 Å². The summed E-state index contributed by atoms with van der Waals surface area (Å²) in [5.41, 5.74) is 1.68. The zero-order chi connectivity index (χ0) is 16.9. The van der Waals surface area contributed by atoms with Crippen molar-refractivity contribution in [3.05, 3.63) is 41.9 Å². The average molecular weight is 326 g/mol. The molecule has 1 aliphatic rings. The van der Waals surface area contributed by atoms with Gasteiger partial charge >= 0.3 is 0 Å². The predicted octanol–water partition coefficient (Wildman–Crippen LogP) is 3.62. The number of amides is 1. The minimum absolute atomic E-state index is 0.0903. The Hall–Kier alpha value is -2.17. The van der Waals surface area contributed by atoms with E-state index in [0.29, 0.717) is 6.04 Å². The molecule has 1 fully saturated rings. The molecule has 0 unspecified atom stereocenters. The molecule has 0 N–H and O–H groups in total. The Morgan fingerprint density at radius 1 is 1.29 bits per heavy atom. The summed E-state index contributed by atoms with van der Waals surface area (Å²) in [5, 5.41) is 4.46. The molecule has 0 bridgehead atoms. The maximum Gasteiger partial charge on any atom is 0.257 e. The Morgan fingerprint density at radius 2 is 2.08 bits per heavy atom. The van der Waals surface area contributed by atoms with Crippen LogP contribution in [-0.4, -0.2) is 38.7 Å². The van der Waals surface area contributed by atoms with Gasteiger partial charge in [0.2, 0.25) is 0 Å². The molecular weight excluding hydrogens is 300 g/mol. The van der Waals surface area contributed by atoms with Crippen LogP contribution in [-0.2, 0) is 6.42 Å². The van der Waals surface area contributed by atoms with E-state index in [1.807, 2.05) is 34.8 Å². The van der Waals surface area contributed by atoms with Crippen molar-refractivity contribution in [1.29, 1.82) is 0 Å². The third-order valence-corrected chi connectivity index (χ3v) is 4.90. The number of pyridine rings is 1. The van der Waals surface area contributed by atoms with Gasteiger partial charge < -0.3 is 4.90 Å². The van der Waals surface area contributed by atoms with Crippen molar-refractivity contribution < 1.29 is 4.79 Å². The van der Waals surface area contributed by atoms with Crippen molar-refractivity contribution in [1.82, 2.24) is 19.7 Å². The summed E-state index contributed by atoms with van der Waals surface area (Å²) < 4.78 is 1.81. The summed E-state index contributed by atoms with van der Waals surface area (Å²) >= 11 is 0. The van der Waals surface area contributed by atoms with Crippen molar-refractivity contribution in [3.63, 3.8) is 0 Å². The number of aromatic nitrogens is 3. The normalized spacial score (nSPS) is 15.4. The lowest BCUT2D eigenvalue weighted by molar-refractivity contribution is 0.0695. The smallest absolute Gasteiger partial charge is 0.257 e. The summed E-state index contributed by atoms with van der Waals surface area (Å²) in [4.78, 5) is 19.3. The third kappa shape index (κ3) is 3.35. The summed E-state index contributed by atoms with van der Waals surface area (Å²) in [6.45, 7) is 2.12. The van der Waals surface area contributed by atoms with E-state index in [4.69, 9.17) is 0 Å². The second kappa shape index (κ2) is 7.60. The zero-order valence-corrected chi connectivity index (χ0v) is 14.6. The van der Waals surface area contributed by atoms with Gasteiger partial charge in [-0.1, -0.05) is 38.7 Å². The Kier molecular flexibility index (Phi) is 5.28. The maximum atomic E-state index is 13.0. The number of hydrogen-bond donors (Lipinski definition) is 0. The fraction of sp³-hybridized carbons (Fsp3) is 0.526. The van der Waals surface area contributed by atoms with Crippen molar-refractivity contribution in [2.45, 2.75) is 57.9 Å². The molecule has 0 spiro atoms. The van der Waals surface area contributed by atoms with Crippen LogP contribution in [0.15, 0.2) is 30.6 Å². The van der Waals surface area contributed by atoms with Crippen LogP contribution in [0, 0.1) is 0 Å². The zero-order valence-electron chi connectivity index (χ0n) is 14.6. The second-order valence-corrected chi connectivity index (χ2v) is 6.56. The molecule has 5 heteroatoms. The minimum Gasteiger partial charge on any atom is -0.339 e. The van der Waals surface area contributed by atoms with Gasteiger partial charge in [-0.25, -0.2) is 9.67 Å². The van der Waals surface area contributed by atoms with Gasteiger partial charge in [-0.2, -0.15) is 5.10 Å². The van der Waals surface area contributed by atoms with E-state index in [1.54, 1.807) is 12.4 Å². The van der Waals surface area contributed by atoms with Gasteiger partial charge in [0.15, 0.2) is 5.82 Å². The summed E-state index contributed by atoms with van der Waals surface area (Å²) in [6, 6.07) is 6.11. The van der Waals surface area contributed by atoms with Crippen LogP contribution >= 0.6 is 0 Å². The fourth-order valence-corrected chi connectivity index (χ4v) is 3.53. The van der Waals surface area contributed by atoms with E-state index in [1.165, 1.54) is 19.3 Å². The maximum absolute atomic E-state index is 13.0. The molecule has 1 amide bonds. The van der Waals surface area contributed by atoms with E-state index < -0.39 is 0 Å². The van der Waals surface area contributed by atoms with Crippen molar-refractivity contribution in [3.8, 4) is 5.82 Å². The summed E-state index contributed by atoms with van der Waals surface area (Å²) in [5.74, 6) is 0.854. The average Bonchev–Trinajstić information content (AvgIpc) is 3.06. The molecule has 24 heavy (non-hydrogen) atoms. The molecule has 0 saturated heterocycles. The molecule has 0 aromatic carbocycles. The van der Waals surface area contributed by atoms with Crippen LogP contribution in [0.25, 0.3) is 5.82 Å². The van der Waals surface area contributed by atoms with Crippen LogP contribution in [0.4, 0.5) is 0 Å². The lowest BCUT2D eigenvalue weighted by atomic mass is 9.94. The van der Waals surface area contributed by atoms with E-state index in [9.17, 15) is 4.79 Å². The fourth-order valence-electron chi connectivity index (χ4n) is 3.53. The highest BCUT2D eigenvalue weighted by molar-refractivity contribution is 5.95. The molecule has 128 valence electrons. The number of carbonyl (C=O) groups is 1. The van der Waals surface area contributed by atoms with Gasteiger partial charge in [-0.3, -0.25) is 4.79 Å². The van der Waals surface area contributed by atoms with Crippen molar-refractivity contribution in [2.75, 3.05) is 7.05 Å². The van der Waals surface area contributed by atoms with Crippen molar-refractivity contribution in [2.24, 2.45) is 0 Å². The third-order valence-electron chi connectivity index (χ3n) is 4.90. The summed E-state index contributed by atoms with van der Waals surface area (Å²) in [6.07, 6.45) is 11.2. The molecule has 1 aliphatic carbocycles. The molecule has 3 rings (SSSR count). The highest BCUT2D eigenvalue weighted by Crippen LogP contribution is 2.24. The minimum atomic E-state index is 0.0903. The van der Waals surface area contributed by atoms with Gasteiger partial charge in [0.05, 0.1) is 17.5 Å². The van der Waals surface area contributed by atoms with E-state index in [2.05, 4.69) is 17.0 Å². The van der Waals surface area contributed by atoms with E-state index in [0.717, 1.165) is 42.8 Å². The number of hydrogen-bond acceptors (Lipinski definition) is 3. The molecule has 2 heterocycles. The predicted molar refractivity (Wildman–Crippen MR) is 94.3 cm³/mol. The molecule has 5 nitrogen and oxygen atoms in total. The Morgan fingerprint density at radius 3 is 2.75 bits per heavy atom. The van der Waals surface area contributed by atoms with Gasteiger partial charge in [-0.15, -0.1) is 0 Å². The topological polar surface area (TPSA) is 51.0 Å². The standard InChI is InChI=1S/C19H26N4O/c1-3-9-17-16(14-21-23(17)18-12-7-8-13-20-18)19(24)22(2)15-10-5-4-6-11-15/h7-8,12-15H,3-6,9-11H2,1-2H3. The van der Waals surface area contributed by atoms with E-state index >= 15 is 0 Å². The lowest BCUT2D eigenvalue weighted by Gasteiger charge is -2.31. The Labute approximate surface area is 143 Å². The molecule has 2 aromatic rings. The second-order valence-electron chi connectivity index (χ2n) is 6.56. The molecule has 0 aliphatic heterocycles. The van der Waals surface area contributed by atoms with Crippen LogP contribution in [0.3, 0.4) is 0 Å². The van der Waals surface area contributed by atoms with Gasteiger partial charge in [0.1, 0.15) is 0 Å². The molecule has 1 saturated carbocycles. The molecule has 0 atom stereocenters. The highest BCUT2D eigenvalue weighted by Gasteiger charge is 2.26. The number of nitrogens with zero attached hydrogens (tertiary/aromatic N) is 4. The van der Waals surface area contributed by atoms with Crippen molar-refractivity contribution >= 4 is 5.91 Å². The van der Waals surface area contributed by atoms with Crippen LogP contribution in [0.2, 0.25) is 0 Å². The number of rotatable bonds is 5. The summed E-state index contributed by atoms with van der Waals surface area (Å²) in [7, 11) is 1.94. The molecule has 2 aromatic heterocycles. The quantitative estimate of drug-likeness (QED) is 0.843. The number of carbonyl (C=O) groups excluding carboxylic acids is 1. The first kappa shape index (κ1) is 16.7.